The van der Waals surface area contributed by atoms with Gasteiger partial charge in [-0.2, -0.15) is 0 Å². The number of carbonyl (C=O) groups is 1. The first-order valence-corrected chi connectivity index (χ1v) is 7.32. The Morgan fingerprint density at radius 1 is 0.882 bits per heavy atom. The molecule has 0 radical (unpaired) electrons. The van der Waals surface area contributed by atoms with Crippen LogP contribution in [0.3, 0.4) is 0 Å². The molecule has 2 N–H and O–H groups in total. The van der Waals surface area contributed by atoms with Gasteiger partial charge in [-0.3, -0.25) is 4.79 Å². The van der Waals surface area contributed by atoms with Crippen LogP contribution in [0.1, 0.15) is 32.1 Å². The molecule has 4 saturated carbocycles. The second-order valence-corrected chi connectivity index (χ2v) is 6.73. The summed E-state index contributed by atoms with van der Waals surface area (Å²) in [6.45, 7) is 1.77. The Morgan fingerprint density at radius 2 is 1.53 bits per heavy atom. The van der Waals surface area contributed by atoms with Crippen molar-refractivity contribution in [2.45, 2.75) is 38.1 Å². The molecule has 1 heterocycles. The minimum atomic E-state index is 0.124. The molecular weight excluding hydrogens is 212 g/mol. The van der Waals surface area contributed by atoms with Gasteiger partial charge < -0.3 is 10.6 Å². The Morgan fingerprint density at radius 3 is 2.12 bits per heavy atom. The summed E-state index contributed by atoms with van der Waals surface area (Å²) >= 11 is 0. The molecule has 4 aliphatic carbocycles. The highest BCUT2D eigenvalue weighted by atomic mass is 16.2. The van der Waals surface area contributed by atoms with Crippen molar-refractivity contribution < 1.29 is 4.79 Å². The van der Waals surface area contributed by atoms with E-state index in [0.29, 0.717) is 5.92 Å². The van der Waals surface area contributed by atoms with Crippen LogP contribution in [-0.4, -0.2) is 25.0 Å². The van der Waals surface area contributed by atoms with Crippen molar-refractivity contribution in [3.05, 3.63) is 0 Å². The van der Waals surface area contributed by atoms with Gasteiger partial charge in [0.1, 0.15) is 0 Å². The second-order valence-electron chi connectivity index (χ2n) is 6.73. The minimum Gasteiger partial charge on any atom is -0.353 e. The SMILES string of the molecule is O=C1NCCNC1C1C2CC3CC(C2)CC1C3. The summed E-state index contributed by atoms with van der Waals surface area (Å²) in [5.41, 5.74) is 0. The molecule has 3 heteroatoms. The Kier molecular flexibility index (Phi) is 2.26. The van der Waals surface area contributed by atoms with Gasteiger partial charge in [-0.15, -0.1) is 0 Å². The van der Waals surface area contributed by atoms with Crippen molar-refractivity contribution in [1.29, 1.82) is 0 Å². The van der Waals surface area contributed by atoms with Crippen LogP contribution in [0.25, 0.3) is 0 Å². The molecule has 1 aliphatic heterocycles. The average molecular weight is 234 g/mol. The van der Waals surface area contributed by atoms with Crippen LogP contribution in [0.5, 0.6) is 0 Å². The molecule has 94 valence electrons. The molecule has 0 aromatic carbocycles. The van der Waals surface area contributed by atoms with E-state index < -0.39 is 0 Å². The van der Waals surface area contributed by atoms with E-state index in [-0.39, 0.29) is 11.9 Å². The van der Waals surface area contributed by atoms with E-state index in [1.165, 1.54) is 32.1 Å². The molecule has 1 unspecified atom stereocenters. The summed E-state index contributed by atoms with van der Waals surface area (Å²) in [4.78, 5) is 12.0. The summed E-state index contributed by atoms with van der Waals surface area (Å²) in [6, 6.07) is 0.124. The van der Waals surface area contributed by atoms with Crippen LogP contribution in [0.15, 0.2) is 0 Å². The lowest BCUT2D eigenvalue weighted by atomic mass is 9.50. The Hall–Kier alpha value is -0.570. The molecule has 4 bridgehead atoms. The van der Waals surface area contributed by atoms with Crippen LogP contribution in [0.4, 0.5) is 0 Å². The summed E-state index contributed by atoms with van der Waals surface area (Å²) in [7, 11) is 0. The quantitative estimate of drug-likeness (QED) is 0.714. The third-order valence-electron chi connectivity index (χ3n) is 5.76. The lowest BCUT2D eigenvalue weighted by Gasteiger charge is -2.56. The van der Waals surface area contributed by atoms with Crippen molar-refractivity contribution in [3.8, 4) is 0 Å². The average Bonchev–Trinajstić information content (AvgIpc) is 2.30. The molecule has 5 rings (SSSR count). The maximum Gasteiger partial charge on any atom is 0.237 e. The first-order valence-electron chi connectivity index (χ1n) is 7.32. The fourth-order valence-electron chi connectivity index (χ4n) is 5.44. The first kappa shape index (κ1) is 10.4. The highest BCUT2D eigenvalue weighted by Crippen LogP contribution is 2.57. The van der Waals surface area contributed by atoms with E-state index in [1.807, 2.05) is 0 Å². The highest BCUT2D eigenvalue weighted by Gasteiger charge is 2.52. The topological polar surface area (TPSA) is 41.1 Å². The smallest absolute Gasteiger partial charge is 0.237 e. The molecule has 5 aliphatic rings. The predicted octanol–water partition coefficient (Wildman–Crippen LogP) is 1.15. The molecule has 5 fully saturated rings. The van der Waals surface area contributed by atoms with Crippen molar-refractivity contribution in [1.82, 2.24) is 10.6 Å². The third kappa shape index (κ3) is 1.55. The van der Waals surface area contributed by atoms with Crippen LogP contribution < -0.4 is 10.6 Å². The van der Waals surface area contributed by atoms with Crippen LogP contribution in [0.2, 0.25) is 0 Å². The third-order valence-corrected chi connectivity index (χ3v) is 5.76. The molecule has 0 aromatic rings. The monoisotopic (exact) mass is 234 g/mol. The summed E-state index contributed by atoms with van der Waals surface area (Å²) in [5.74, 6) is 4.60. The molecule has 3 nitrogen and oxygen atoms in total. The van der Waals surface area contributed by atoms with Crippen molar-refractivity contribution >= 4 is 5.91 Å². The zero-order chi connectivity index (χ0) is 11.4. The fraction of sp³-hybridized carbons (Fsp3) is 0.929. The highest BCUT2D eigenvalue weighted by molar-refractivity contribution is 5.83. The molecule has 1 atom stereocenters. The minimum absolute atomic E-state index is 0.124. The summed E-state index contributed by atoms with van der Waals surface area (Å²) < 4.78 is 0. The first-order chi connectivity index (χ1) is 8.31. The van der Waals surface area contributed by atoms with E-state index in [1.54, 1.807) is 0 Å². The van der Waals surface area contributed by atoms with E-state index in [4.69, 9.17) is 0 Å². The molecule has 0 aromatic heterocycles. The van der Waals surface area contributed by atoms with Crippen LogP contribution >= 0.6 is 0 Å². The normalized spacial score (nSPS) is 52.6. The number of nitrogens with one attached hydrogen (secondary N) is 2. The molecule has 0 spiro atoms. The predicted molar refractivity (Wildman–Crippen MR) is 65.3 cm³/mol. The lowest BCUT2D eigenvalue weighted by molar-refractivity contribution is -0.132. The van der Waals surface area contributed by atoms with Crippen molar-refractivity contribution in [2.24, 2.45) is 29.6 Å². The number of hydrogen-bond donors (Lipinski definition) is 2. The molecule has 1 saturated heterocycles. The van der Waals surface area contributed by atoms with Gasteiger partial charge in [0.15, 0.2) is 0 Å². The van der Waals surface area contributed by atoms with Crippen LogP contribution in [0, 0.1) is 29.6 Å². The van der Waals surface area contributed by atoms with Gasteiger partial charge in [-0.25, -0.2) is 0 Å². The van der Waals surface area contributed by atoms with E-state index in [9.17, 15) is 4.79 Å². The van der Waals surface area contributed by atoms with E-state index >= 15 is 0 Å². The molecule has 1 amide bonds. The van der Waals surface area contributed by atoms with Gasteiger partial charge in [-0.05, 0) is 61.7 Å². The van der Waals surface area contributed by atoms with E-state index in [2.05, 4.69) is 10.6 Å². The van der Waals surface area contributed by atoms with Gasteiger partial charge >= 0.3 is 0 Å². The van der Waals surface area contributed by atoms with Gasteiger partial charge in [0.05, 0.1) is 6.04 Å². The Labute approximate surface area is 103 Å². The number of hydrogen-bond acceptors (Lipinski definition) is 2. The number of carbonyl (C=O) groups excluding carboxylic acids is 1. The number of rotatable bonds is 1. The number of amides is 1. The van der Waals surface area contributed by atoms with Crippen molar-refractivity contribution in [3.63, 3.8) is 0 Å². The molecular formula is C14H22N2O. The maximum absolute atomic E-state index is 12.0. The zero-order valence-corrected chi connectivity index (χ0v) is 10.3. The van der Waals surface area contributed by atoms with Gasteiger partial charge in [0.25, 0.3) is 0 Å². The molecule has 17 heavy (non-hydrogen) atoms. The summed E-state index contributed by atoms with van der Waals surface area (Å²) in [5, 5.41) is 6.52. The second kappa shape index (κ2) is 3.71. The van der Waals surface area contributed by atoms with Gasteiger partial charge in [0.2, 0.25) is 5.91 Å². The Balaban J connectivity index is 1.59. The van der Waals surface area contributed by atoms with E-state index in [0.717, 1.165) is 36.8 Å². The standard InChI is InChI=1S/C14H22N2O/c17-14-13(15-1-2-16-14)12-10-4-8-3-9(6-10)7-11(12)5-8/h8-13,15H,1-7H2,(H,16,17). The fourth-order valence-corrected chi connectivity index (χ4v) is 5.44. The van der Waals surface area contributed by atoms with Gasteiger partial charge in [-0.1, -0.05) is 0 Å². The van der Waals surface area contributed by atoms with Crippen molar-refractivity contribution in [2.75, 3.05) is 13.1 Å². The number of piperazine rings is 1. The largest absolute Gasteiger partial charge is 0.353 e. The van der Waals surface area contributed by atoms with Crippen LogP contribution in [-0.2, 0) is 4.79 Å². The lowest BCUT2D eigenvalue weighted by Crippen LogP contribution is -2.61. The summed E-state index contributed by atoms with van der Waals surface area (Å²) in [6.07, 6.45) is 7.11. The zero-order valence-electron chi connectivity index (χ0n) is 10.3. The van der Waals surface area contributed by atoms with Gasteiger partial charge in [0, 0.05) is 13.1 Å². The Bertz CT molecular complexity index is 313. The maximum atomic E-state index is 12.0.